The molecule has 0 spiro atoms. The molecule has 0 saturated heterocycles. The van der Waals surface area contributed by atoms with Crippen molar-refractivity contribution in [3.05, 3.63) is 59.8 Å². The van der Waals surface area contributed by atoms with Gasteiger partial charge in [0.1, 0.15) is 0 Å². The maximum Gasteiger partial charge on any atom is 0.335 e. The normalized spacial score (nSPS) is 15.2. The van der Waals surface area contributed by atoms with Crippen LogP contribution in [-0.4, -0.2) is 34.8 Å². The lowest BCUT2D eigenvalue weighted by molar-refractivity contribution is 0.0696. The van der Waals surface area contributed by atoms with Crippen molar-refractivity contribution in [1.29, 1.82) is 0 Å². The maximum absolute atomic E-state index is 13.0. The highest BCUT2D eigenvalue weighted by Crippen LogP contribution is 2.31. The summed E-state index contributed by atoms with van der Waals surface area (Å²) in [5.74, 6) is -1.17. The van der Waals surface area contributed by atoms with Crippen LogP contribution in [0.15, 0.2) is 53.7 Å². The van der Waals surface area contributed by atoms with E-state index in [4.69, 9.17) is 5.11 Å². The number of carboxylic acid groups (broad SMARTS) is 1. The van der Waals surface area contributed by atoms with Gasteiger partial charge in [-0.2, -0.15) is 4.31 Å². The zero-order valence-electron chi connectivity index (χ0n) is 13.0. The molecule has 0 bridgehead atoms. The number of hydrogen-bond donors (Lipinski definition) is 1. The molecule has 24 heavy (non-hydrogen) atoms. The van der Waals surface area contributed by atoms with Crippen molar-refractivity contribution < 1.29 is 18.3 Å². The lowest BCUT2D eigenvalue weighted by Gasteiger charge is -2.36. The Balaban J connectivity index is 1.96. The van der Waals surface area contributed by atoms with Crippen LogP contribution in [0, 0.1) is 0 Å². The molecule has 0 atom stereocenters. The van der Waals surface area contributed by atoms with Crippen LogP contribution < -0.4 is 0 Å². The van der Waals surface area contributed by atoms with Crippen LogP contribution in [-0.2, 0) is 16.6 Å². The molecule has 1 aromatic carbocycles. The molecular formula is C17H18N2O4S. The van der Waals surface area contributed by atoms with Crippen molar-refractivity contribution in [3.8, 4) is 0 Å². The number of pyridine rings is 1. The summed E-state index contributed by atoms with van der Waals surface area (Å²) in [4.78, 5) is 15.0. The van der Waals surface area contributed by atoms with Crippen molar-refractivity contribution in [2.24, 2.45) is 0 Å². The molecule has 1 aromatic heterocycles. The average molecular weight is 346 g/mol. The van der Waals surface area contributed by atoms with Gasteiger partial charge in [-0.15, -0.1) is 0 Å². The van der Waals surface area contributed by atoms with Crippen LogP contribution >= 0.6 is 0 Å². The van der Waals surface area contributed by atoms with E-state index in [1.165, 1.54) is 16.6 Å². The molecule has 126 valence electrons. The fourth-order valence-corrected chi connectivity index (χ4v) is 4.28. The number of sulfonamides is 1. The Morgan fingerprint density at radius 1 is 1.21 bits per heavy atom. The third-order valence-corrected chi connectivity index (χ3v) is 6.01. The summed E-state index contributed by atoms with van der Waals surface area (Å²) in [6.45, 7) is 0.257. The summed E-state index contributed by atoms with van der Waals surface area (Å²) in [6, 6.07) is 11.7. The van der Waals surface area contributed by atoms with E-state index >= 15 is 0 Å². The number of carboxylic acids is 1. The smallest absolute Gasteiger partial charge is 0.335 e. The third kappa shape index (κ3) is 3.32. The zero-order valence-corrected chi connectivity index (χ0v) is 13.8. The molecule has 1 saturated carbocycles. The molecular weight excluding hydrogens is 328 g/mol. The first-order valence-electron chi connectivity index (χ1n) is 7.73. The van der Waals surface area contributed by atoms with Gasteiger partial charge in [-0.3, -0.25) is 0 Å². The van der Waals surface area contributed by atoms with E-state index in [2.05, 4.69) is 4.98 Å². The summed E-state index contributed by atoms with van der Waals surface area (Å²) in [5, 5.41) is 8.86. The fourth-order valence-electron chi connectivity index (χ4n) is 2.65. The number of rotatable bonds is 6. The molecule has 0 amide bonds. The molecule has 1 N–H and O–H groups in total. The Labute approximate surface area is 140 Å². The average Bonchev–Trinajstić information content (AvgIpc) is 2.53. The number of aromatic carboxylic acids is 1. The Morgan fingerprint density at radius 3 is 2.50 bits per heavy atom. The van der Waals surface area contributed by atoms with E-state index in [0.717, 1.165) is 30.9 Å². The summed E-state index contributed by atoms with van der Waals surface area (Å²) >= 11 is 0. The zero-order chi connectivity index (χ0) is 17.2. The van der Waals surface area contributed by atoms with Crippen LogP contribution in [0.25, 0.3) is 0 Å². The Hall–Kier alpha value is -2.25. The standard InChI is InChI=1S/C17H18N2O4S/c20-17(21)14-9-10-18-16(11-14)24(22,23)19(15-7-4-8-15)12-13-5-2-1-3-6-13/h1-3,5-6,9-11,15H,4,7-8,12H2,(H,20,21). The Bertz CT molecular complexity index is 833. The highest BCUT2D eigenvalue weighted by molar-refractivity contribution is 7.89. The quantitative estimate of drug-likeness (QED) is 0.868. The molecule has 3 rings (SSSR count). The first-order chi connectivity index (χ1) is 11.5. The minimum absolute atomic E-state index is 0.0644. The van der Waals surface area contributed by atoms with Crippen LogP contribution in [0.4, 0.5) is 0 Å². The van der Waals surface area contributed by atoms with Crippen molar-refractivity contribution in [3.63, 3.8) is 0 Å². The van der Waals surface area contributed by atoms with Crippen LogP contribution in [0.5, 0.6) is 0 Å². The second kappa shape index (κ2) is 6.70. The Morgan fingerprint density at radius 2 is 1.92 bits per heavy atom. The van der Waals surface area contributed by atoms with E-state index in [-0.39, 0.29) is 23.2 Å². The van der Waals surface area contributed by atoms with Crippen molar-refractivity contribution in [2.45, 2.75) is 36.9 Å². The number of hydrogen-bond acceptors (Lipinski definition) is 4. The van der Waals surface area contributed by atoms with Gasteiger partial charge in [0.15, 0.2) is 5.03 Å². The van der Waals surface area contributed by atoms with E-state index in [0.29, 0.717) is 0 Å². The monoisotopic (exact) mass is 346 g/mol. The van der Waals surface area contributed by atoms with Crippen LogP contribution in [0.1, 0.15) is 35.2 Å². The first kappa shape index (κ1) is 16.6. The van der Waals surface area contributed by atoms with Crippen LogP contribution in [0.3, 0.4) is 0 Å². The van der Waals surface area contributed by atoms with E-state index < -0.39 is 16.0 Å². The van der Waals surface area contributed by atoms with E-state index in [9.17, 15) is 13.2 Å². The number of benzene rings is 1. The Kier molecular flexibility index (Phi) is 4.64. The maximum atomic E-state index is 13.0. The van der Waals surface area contributed by atoms with Gasteiger partial charge in [0.25, 0.3) is 10.0 Å². The van der Waals surface area contributed by atoms with Gasteiger partial charge >= 0.3 is 5.97 Å². The summed E-state index contributed by atoms with van der Waals surface area (Å²) in [7, 11) is -3.86. The molecule has 0 aliphatic heterocycles. The topological polar surface area (TPSA) is 87.6 Å². The SMILES string of the molecule is O=C(O)c1ccnc(S(=O)(=O)N(Cc2ccccc2)C2CCC2)c1. The molecule has 1 aliphatic carbocycles. The third-order valence-electron chi connectivity index (χ3n) is 4.22. The fraction of sp³-hybridized carbons (Fsp3) is 0.294. The lowest BCUT2D eigenvalue weighted by atomic mass is 9.93. The van der Waals surface area contributed by atoms with Crippen molar-refractivity contribution in [2.75, 3.05) is 0 Å². The number of nitrogens with zero attached hydrogens (tertiary/aromatic N) is 2. The van der Waals surface area contributed by atoms with Gasteiger partial charge in [-0.25, -0.2) is 18.2 Å². The van der Waals surface area contributed by atoms with Gasteiger partial charge in [-0.05, 0) is 30.5 Å². The van der Waals surface area contributed by atoms with Gasteiger partial charge < -0.3 is 5.11 Å². The number of carbonyl (C=O) groups is 1. The lowest BCUT2D eigenvalue weighted by Crippen LogP contribution is -2.43. The van der Waals surface area contributed by atoms with E-state index in [1.807, 2.05) is 30.3 Å². The summed E-state index contributed by atoms with van der Waals surface area (Å²) in [5.41, 5.74) is 0.805. The first-order valence-corrected chi connectivity index (χ1v) is 9.17. The molecule has 0 unspecified atom stereocenters. The van der Waals surface area contributed by atoms with Gasteiger partial charge in [0, 0.05) is 18.8 Å². The summed E-state index contributed by atoms with van der Waals surface area (Å²) < 4.78 is 27.5. The van der Waals surface area contributed by atoms with Gasteiger partial charge in [0.2, 0.25) is 0 Å². The molecule has 0 radical (unpaired) electrons. The highest BCUT2D eigenvalue weighted by atomic mass is 32.2. The molecule has 1 fully saturated rings. The molecule has 2 aromatic rings. The van der Waals surface area contributed by atoms with Crippen molar-refractivity contribution >= 4 is 16.0 Å². The largest absolute Gasteiger partial charge is 0.478 e. The highest BCUT2D eigenvalue weighted by Gasteiger charge is 2.36. The van der Waals surface area contributed by atoms with Gasteiger partial charge in [-0.1, -0.05) is 36.8 Å². The van der Waals surface area contributed by atoms with Gasteiger partial charge in [0.05, 0.1) is 5.56 Å². The van der Waals surface area contributed by atoms with E-state index in [1.54, 1.807) is 0 Å². The van der Waals surface area contributed by atoms with Crippen molar-refractivity contribution in [1.82, 2.24) is 9.29 Å². The minimum atomic E-state index is -3.86. The van der Waals surface area contributed by atoms with Crippen LogP contribution in [0.2, 0.25) is 0 Å². The molecule has 1 aliphatic rings. The molecule has 6 nitrogen and oxygen atoms in total. The minimum Gasteiger partial charge on any atom is -0.478 e. The second-order valence-electron chi connectivity index (χ2n) is 5.81. The molecule has 7 heteroatoms. The summed E-state index contributed by atoms with van der Waals surface area (Å²) in [6.07, 6.45) is 3.83. The predicted molar refractivity (Wildman–Crippen MR) is 88.0 cm³/mol. The molecule has 1 heterocycles. The second-order valence-corrected chi connectivity index (χ2v) is 7.65. The predicted octanol–water partition coefficient (Wildman–Crippen LogP) is 2.52. The number of aromatic nitrogens is 1.